The van der Waals surface area contributed by atoms with E-state index in [0.29, 0.717) is 23.7 Å². The number of pyridine rings is 1. The highest BCUT2D eigenvalue weighted by molar-refractivity contribution is 6.30. The van der Waals surface area contributed by atoms with Crippen LogP contribution in [0.25, 0.3) is 0 Å². The molecule has 2 aliphatic heterocycles. The van der Waals surface area contributed by atoms with Crippen LogP contribution in [0, 0.1) is 0 Å². The van der Waals surface area contributed by atoms with Crippen molar-refractivity contribution in [2.24, 2.45) is 7.05 Å². The first-order chi connectivity index (χ1) is 14.0. The first-order valence-electron chi connectivity index (χ1n) is 9.33. The number of likely N-dealkylation sites (tertiary alicyclic amines) is 1. The monoisotopic (exact) mass is 407 g/mol. The molecule has 29 heavy (non-hydrogen) atoms. The lowest BCUT2D eigenvalue weighted by atomic mass is 9.73. The van der Waals surface area contributed by atoms with Crippen molar-refractivity contribution in [3.63, 3.8) is 0 Å². The van der Waals surface area contributed by atoms with Crippen molar-refractivity contribution in [1.82, 2.24) is 19.7 Å². The van der Waals surface area contributed by atoms with Gasteiger partial charge in [-0.25, -0.2) is 4.98 Å². The number of halogens is 1. The lowest BCUT2D eigenvalue weighted by Crippen LogP contribution is -2.42. The van der Waals surface area contributed by atoms with Crippen LogP contribution < -0.4 is 5.32 Å². The number of rotatable bonds is 2. The van der Waals surface area contributed by atoms with E-state index in [0.717, 1.165) is 16.8 Å². The molecule has 7 nitrogen and oxygen atoms in total. The molecule has 0 aliphatic carbocycles. The first kappa shape index (κ1) is 17.9. The summed E-state index contributed by atoms with van der Waals surface area (Å²) in [6.07, 6.45) is 5.56. The summed E-state index contributed by atoms with van der Waals surface area (Å²) >= 11 is 5.93. The molecule has 0 radical (unpaired) electrons. The summed E-state index contributed by atoms with van der Waals surface area (Å²) in [5.41, 5.74) is 1.97. The number of aryl methyl sites for hydroxylation is 1. The second kappa shape index (κ2) is 6.42. The van der Waals surface area contributed by atoms with Crippen molar-refractivity contribution < 1.29 is 9.59 Å². The average Bonchev–Trinajstić information content (AvgIpc) is 3.39. The van der Waals surface area contributed by atoms with Gasteiger partial charge < -0.3 is 10.2 Å². The van der Waals surface area contributed by atoms with Crippen molar-refractivity contribution in [1.29, 1.82) is 0 Å². The van der Waals surface area contributed by atoms with E-state index < -0.39 is 11.5 Å². The van der Waals surface area contributed by atoms with Gasteiger partial charge in [-0.05, 0) is 30.2 Å². The quantitative estimate of drug-likeness (QED) is 0.708. The summed E-state index contributed by atoms with van der Waals surface area (Å²) in [6.45, 7) is 0.435. The maximum Gasteiger partial charge on any atom is 0.273 e. The van der Waals surface area contributed by atoms with Gasteiger partial charge in [-0.1, -0.05) is 29.8 Å². The van der Waals surface area contributed by atoms with Gasteiger partial charge in [0.15, 0.2) is 0 Å². The number of aromatic nitrogens is 3. The molecule has 1 N–H and O–H groups in total. The summed E-state index contributed by atoms with van der Waals surface area (Å²) in [4.78, 5) is 32.6. The zero-order valence-electron chi connectivity index (χ0n) is 15.7. The van der Waals surface area contributed by atoms with Gasteiger partial charge in [0.05, 0.1) is 17.3 Å². The van der Waals surface area contributed by atoms with Gasteiger partial charge >= 0.3 is 0 Å². The smallest absolute Gasteiger partial charge is 0.273 e. The van der Waals surface area contributed by atoms with E-state index in [1.54, 1.807) is 27.9 Å². The van der Waals surface area contributed by atoms with Crippen LogP contribution in [-0.4, -0.2) is 38.0 Å². The molecule has 0 bridgehead atoms. The minimum Gasteiger partial charge on any atom is -0.329 e. The molecule has 0 saturated carbocycles. The first-order valence-corrected chi connectivity index (χ1v) is 9.70. The molecule has 3 aromatic rings. The Labute approximate surface area is 172 Å². The van der Waals surface area contributed by atoms with E-state index in [2.05, 4.69) is 15.4 Å². The van der Waals surface area contributed by atoms with Crippen LogP contribution in [0.4, 0.5) is 5.69 Å². The zero-order chi connectivity index (χ0) is 20.2. The molecule has 1 fully saturated rings. The number of hydrogen-bond donors (Lipinski definition) is 1. The number of carbonyl (C=O) groups excluding carboxylic acids is 2. The standard InChI is InChI=1S/C21H18ClN5O2/c1-26-12-13(10-24-26)18-21(15-4-2-3-5-16(15)25-20(21)29)8-9-27(18)19(28)17-7-6-14(22)11-23-17/h2-7,10-12,18H,8-9H2,1H3,(H,25,29)/t18-,21+/m0/s1. The van der Waals surface area contributed by atoms with Gasteiger partial charge in [-0.3, -0.25) is 14.3 Å². The van der Waals surface area contributed by atoms with E-state index in [-0.39, 0.29) is 11.8 Å². The fourth-order valence-corrected chi connectivity index (χ4v) is 4.71. The number of hydrogen-bond acceptors (Lipinski definition) is 4. The van der Waals surface area contributed by atoms with E-state index >= 15 is 0 Å². The molecular weight excluding hydrogens is 390 g/mol. The Bertz CT molecular complexity index is 1130. The molecular formula is C21H18ClN5O2. The Morgan fingerprint density at radius 1 is 1.24 bits per heavy atom. The Morgan fingerprint density at radius 2 is 2.07 bits per heavy atom. The number of nitrogens with zero attached hydrogens (tertiary/aromatic N) is 4. The third kappa shape index (κ3) is 2.57. The van der Waals surface area contributed by atoms with Crippen LogP contribution in [0.5, 0.6) is 0 Å². The SMILES string of the molecule is Cn1cc([C@@H]2N(C(=O)c3ccc(Cl)cn3)CC[C@]23C(=O)Nc2ccccc23)cn1. The third-order valence-electron chi connectivity index (χ3n) is 5.83. The van der Waals surface area contributed by atoms with Gasteiger partial charge in [0.1, 0.15) is 11.1 Å². The summed E-state index contributed by atoms with van der Waals surface area (Å²) in [7, 11) is 1.82. The second-order valence-corrected chi connectivity index (χ2v) is 7.87. The summed E-state index contributed by atoms with van der Waals surface area (Å²) in [6, 6.07) is 10.4. The van der Waals surface area contributed by atoms with Gasteiger partial charge in [0.25, 0.3) is 5.91 Å². The highest BCUT2D eigenvalue weighted by Crippen LogP contribution is 2.54. The highest BCUT2D eigenvalue weighted by Gasteiger charge is 2.59. The maximum absolute atomic E-state index is 13.4. The fraction of sp³-hybridized carbons (Fsp3) is 0.238. The molecule has 146 valence electrons. The summed E-state index contributed by atoms with van der Waals surface area (Å²) < 4.78 is 1.68. The lowest BCUT2D eigenvalue weighted by molar-refractivity contribution is -0.121. The number of carbonyl (C=O) groups is 2. The second-order valence-electron chi connectivity index (χ2n) is 7.43. The number of amides is 2. The van der Waals surface area contributed by atoms with Crippen LogP contribution in [0.2, 0.25) is 5.02 Å². The van der Waals surface area contributed by atoms with Gasteiger partial charge in [-0.2, -0.15) is 5.10 Å². The number of benzene rings is 1. The van der Waals surface area contributed by atoms with E-state index in [4.69, 9.17) is 11.6 Å². The molecule has 1 aromatic carbocycles. The van der Waals surface area contributed by atoms with Crippen molar-refractivity contribution in [3.05, 3.63) is 76.8 Å². The average molecular weight is 408 g/mol. The molecule has 1 saturated heterocycles. The fourth-order valence-electron chi connectivity index (χ4n) is 4.60. The van der Waals surface area contributed by atoms with Crippen LogP contribution >= 0.6 is 11.6 Å². The van der Waals surface area contributed by atoms with E-state index in [1.807, 2.05) is 37.5 Å². The number of nitrogens with one attached hydrogen (secondary N) is 1. The van der Waals surface area contributed by atoms with Gasteiger partial charge in [0, 0.05) is 37.2 Å². The van der Waals surface area contributed by atoms with Gasteiger partial charge in [0.2, 0.25) is 5.91 Å². The van der Waals surface area contributed by atoms with Crippen molar-refractivity contribution in [2.45, 2.75) is 17.9 Å². The molecule has 5 rings (SSSR count). The molecule has 8 heteroatoms. The highest BCUT2D eigenvalue weighted by atomic mass is 35.5. The number of anilines is 1. The molecule has 2 atom stereocenters. The Balaban J connectivity index is 1.65. The molecule has 4 heterocycles. The molecule has 2 amide bonds. The molecule has 1 spiro atoms. The van der Waals surface area contributed by atoms with E-state index in [1.165, 1.54) is 6.20 Å². The molecule has 2 aromatic heterocycles. The Hall–Kier alpha value is -3.19. The predicted octanol–water partition coefficient (Wildman–Crippen LogP) is 2.95. The molecule has 2 aliphatic rings. The lowest BCUT2D eigenvalue weighted by Gasteiger charge is -2.33. The largest absolute Gasteiger partial charge is 0.329 e. The minimum absolute atomic E-state index is 0.0908. The predicted molar refractivity (Wildman–Crippen MR) is 108 cm³/mol. The minimum atomic E-state index is -0.859. The van der Waals surface area contributed by atoms with Crippen LogP contribution in [0.1, 0.15) is 34.1 Å². The van der Waals surface area contributed by atoms with Crippen molar-refractivity contribution >= 4 is 29.1 Å². The number of fused-ring (bicyclic) bond motifs is 2. The summed E-state index contributed by atoms with van der Waals surface area (Å²) in [5, 5.41) is 7.76. The van der Waals surface area contributed by atoms with Crippen molar-refractivity contribution in [2.75, 3.05) is 11.9 Å². The van der Waals surface area contributed by atoms with Crippen LogP contribution in [0.15, 0.2) is 55.0 Å². The zero-order valence-corrected chi connectivity index (χ0v) is 16.4. The third-order valence-corrected chi connectivity index (χ3v) is 6.06. The Kier molecular flexibility index (Phi) is 3.96. The normalized spacial score (nSPS) is 22.8. The van der Waals surface area contributed by atoms with Gasteiger partial charge in [-0.15, -0.1) is 0 Å². The number of para-hydroxylation sites is 1. The van der Waals surface area contributed by atoms with Crippen LogP contribution in [-0.2, 0) is 17.3 Å². The maximum atomic E-state index is 13.4. The Morgan fingerprint density at radius 3 is 2.79 bits per heavy atom. The van der Waals surface area contributed by atoms with Crippen molar-refractivity contribution in [3.8, 4) is 0 Å². The van der Waals surface area contributed by atoms with E-state index in [9.17, 15) is 9.59 Å². The topological polar surface area (TPSA) is 80.1 Å². The van der Waals surface area contributed by atoms with Crippen LogP contribution in [0.3, 0.4) is 0 Å². The summed E-state index contributed by atoms with van der Waals surface area (Å²) in [5.74, 6) is -0.323. The molecule has 0 unspecified atom stereocenters.